The molecule has 0 heterocycles. The van der Waals surface area contributed by atoms with Crippen LogP contribution in [-0.2, 0) is 9.63 Å². The molecule has 2 aromatic rings. The Labute approximate surface area is 148 Å². The Morgan fingerprint density at radius 3 is 2.64 bits per heavy atom. The van der Waals surface area contributed by atoms with Crippen LogP contribution in [0.4, 0.5) is 14.5 Å². The van der Waals surface area contributed by atoms with Crippen LogP contribution in [0.15, 0.2) is 47.6 Å². The van der Waals surface area contributed by atoms with Gasteiger partial charge < -0.3 is 14.9 Å². The number of oxime groups is 1. The van der Waals surface area contributed by atoms with E-state index in [2.05, 4.69) is 15.2 Å². The van der Waals surface area contributed by atoms with Gasteiger partial charge in [-0.2, -0.15) is 8.78 Å². The van der Waals surface area contributed by atoms with E-state index in [9.17, 15) is 13.6 Å². The summed E-state index contributed by atoms with van der Waals surface area (Å²) >= 11 is 5.85. The van der Waals surface area contributed by atoms with E-state index in [-0.39, 0.29) is 18.3 Å². The molecular formula is C17H15ClF2N2O3. The average molecular weight is 369 g/mol. The second kappa shape index (κ2) is 8.98. The maximum absolute atomic E-state index is 12.0. The number of anilines is 1. The van der Waals surface area contributed by atoms with Gasteiger partial charge in [-0.05, 0) is 60.5 Å². The molecule has 0 spiro atoms. The summed E-state index contributed by atoms with van der Waals surface area (Å²) in [7, 11) is 0. The number of halogens is 3. The van der Waals surface area contributed by atoms with Crippen LogP contribution in [0.5, 0.6) is 5.75 Å². The van der Waals surface area contributed by atoms with Gasteiger partial charge in [0.25, 0.3) is 5.91 Å². The topological polar surface area (TPSA) is 59.9 Å². The van der Waals surface area contributed by atoms with Crippen molar-refractivity contribution in [3.63, 3.8) is 0 Å². The molecule has 2 rings (SSSR count). The Bertz CT molecular complexity index is 752. The first-order chi connectivity index (χ1) is 11.9. The third kappa shape index (κ3) is 6.39. The molecule has 0 saturated heterocycles. The summed E-state index contributed by atoms with van der Waals surface area (Å²) in [5, 5.41) is 6.92. The molecule has 5 nitrogen and oxygen atoms in total. The zero-order valence-corrected chi connectivity index (χ0v) is 14.0. The number of aryl methyl sites for hydroxylation is 1. The van der Waals surface area contributed by atoms with Crippen molar-refractivity contribution < 1.29 is 23.1 Å². The summed E-state index contributed by atoms with van der Waals surface area (Å²) in [6.45, 7) is -1.32. The maximum Gasteiger partial charge on any atom is 0.387 e. The second-order valence-electron chi connectivity index (χ2n) is 4.96. The minimum Gasteiger partial charge on any atom is -0.435 e. The van der Waals surface area contributed by atoms with E-state index in [1.165, 1.54) is 30.5 Å². The highest BCUT2D eigenvalue weighted by Crippen LogP contribution is 2.19. The molecule has 0 fully saturated rings. The van der Waals surface area contributed by atoms with E-state index in [0.717, 1.165) is 5.56 Å². The molecule has 0 aliphatic heterocycles. The number of amides is 1. The maximum atomic E-state index is 12.0. The summed E-state index contributed by atoms with van der Waals surface area (Å²) < 4.78 is 28.3. The fourth-order valence-corrected chi connectivity index (χ4v) is 2.11. The summed E-state index contributed by atoms with van der Waals surface area (Å²) in [6, 6.07) is 10.9. The largest absolute Gasteiger partial charge is 0.435 e. The summed E-state index contributed by atoms with van der Waals surface area (Å²) in [5.41, 5.74) is 2.07. The number of hydrogen-bond donors (Lipinski definition) is 1. The van der Waals surface area contributed by atoms with Gasteiger partial charge in [-0.25, -0.2) is 0 Å². The summed E-state index contributed by atoms with van der Waals surface area (Å²) in [4.78, 5) is 16.7. The van der Waals surface area contributed by atoms with Crippen LogP contribution in [0.1, 0.15) is 11.1 Å². The molecule has 0 bridgehead atoms. The van der Waals surface area contributed by atoms with Gasteiger partial charge in [-0.1, -0.05) is 16.8 Å². The Balaban J connectivity index is 1.79. The van der Waals surface area contributed by atoms with Gasteiger partial charge in [0, 0.05) is 10.7 Å². The number of benzene rings is 2. The minimum atomic E-state index is -2.87. The van der Waals surface area contributed by atoms with E-state index in [1.807, 2.05) is 6.92 Å². The second-order valence-corrected chi connectivity index (χ2v) is 5.40. The Morgan fingerprint density at radius 1 is 1.28 bits per heavy atom. The Morgan fingerprint density at radius 2 is 2.00 bits per heavy atom. The van der Waals surface area contributed by atoms with Gasteiger partial charge in [0.15, 0.2) is 6.61 Å². The Kier molecular flexibility index (Phi) is 6.71. The fourth-order valence-electron chi connectivity index (χ4n) is 1.88. The molecule has 1 amide bonds. The smallest absolute Gasteiger partial charge is 0.387 e. The van der Waals surface area contributed by atoms with Crippen molar-refractivity contribution >= 4 is 29.4 Å². The molecule has 0 unspecified atom stereocenters. The molecule has 132 valence electrons. The van der Waals surface area contributed by atoms with Crippen molar-refractivity contribution in [1.29, 1.82) is 0 Å². The monoisotopic (exact) mass is 368 g/mol. The van der Waals surface area contributed by atoms with Gasteiger partial charge in [0.05, 0.1) is 6.21 Å². The molecule has 0 saturated carbocycles. The lowest BCUT2D eigenvalue weighted by atomic mass is 10.2. The molecule has 1 N–H and O–H groups in total. The molecular weight excluding hydrogens is 354 g/mol. The number of nitrogens with one attached hydrogen (secondary N) is 1. The normalized spacial score (nSPS) is 10.9. The predicted molar refractivity (Wildman–Crippen MR) is 91.4 cm³/mol. The molecule has 0 aliphatic carbocycles. The van der Waals surface area contributed by atoms with Crippen LogP contribution in [0.25, 0.3) is 0 Å². The first-order valence-corrected chi connectivity index (χ1v) is 7.58. The quantitative estimate of drug-likeness (QED) is 0.587. The number of alkyl halides is 2. The van der Waals surface area contributed by atoms with Gasteiger partial charge >= 0.3 is 6.61 Å². The SMILES string of the molecule is Cc1cc(Cl)ccc1NC(=O)CO/N=C\c1ccc(OC(F)F)cc1. The third-order valence-corrected chi connectivity index (χ3v) is 3.27. The highest BCUT2D eigenvalue weighted by Gasteiger charge is 2.06. The van der Waals surface area contributed by atoms with Crippen LogP contribution >= 0.6 is 11.6 Å². The lowest BCUT2D eigenvalue weighted by Crippen LogP contribution is -2.17. The average Bonchev–Trinajstić information content (AvgIpc) is 2.55. The van der Waals surface area contributed by atoms with Crippen LogP contribution in [0.3, 0.4) is 0 Å². The van der Waals surface area contributed by atoms with E-state index < -0.39 is 6.61 Å². The van der Waals surface area contributed by atoms with Crippen LogP contribution < -0.4 is 10.1 Å². The van der Waals surface area contributed by atoms with Crippen molar-refractivity contribution in [2.75, 3.05) is 11.9 Å². The molecule has 8 heteroatoms. The molecule has 2 aromatic carbocycles. The number of carbonyl (C=O) groups excluding carboxylic acids is 1. The van der Waals surface area contributed by atoms with Crippen LogP contribution in [0.2, 0.25) is 5.02 Å². The first-order valence-electron chi connectivity index (χ1n) is 7.20. The lowest BCUT2D eigenvalue weighted by Gasteiger charge is -2.07. The van der Waals surface area contributed by atoms with E-state index in [1.54, 1.807) is 18.2 Å². The van der Waals surface area contributed by atoms with Crippen molar-refractivity contribution in [1.82, 2.24) is 0 Å². The minimum absolute atomic E-state index is 0.0470. The molecule has 0 aromatic heterocycles. The van der Waals surface area contributed by atoms with Gasteiger partial charge in [-0.15, -0.1) is 0 Å². The number of ether oxygens (including phenoxy) is 1. The molecule has 0 atom stereocenters. The van der Waals surface area contributed by atoms with E-state index in [0.29, 0.717) is 16.3 Å². The van der Waals surface area contributed by atoms with Crippen LogP contribution in [-0.4, -0.2) is 25.3 Å². The molecule has 0 aliphatic rings. The summed E-state index contributed by atoms with van der Waals surface area (Å²) in [5.74, 6) is -0.325. The lowest BCUT2D eigenvalue weighted by molar-refractivity contribution is -0.120. The van der Waals surface area contributed by atoms with Crippen molar-refractivity contribution in [3.05, 3.63) is 58.6 Å². The molecule has 25 heavy (non-hydrogen) atoms. The first kappa shape index (κ1) is 18.7. The zero-order chi connectivity index (χ0) is 18.2. The highest BCUT2D eigenvalue weighted by atomic mass is 35.5. The number of nitrogens with zero attached hydrogens (tertiary/aromatic N) is 1. The zero-order valence-electron chi connectivity index (χ0n) is 13.2. The van der Waals surface area contributed by atoms with Crippen molar-refractivity contribution in [2.24, 2.45) is 5.16 Å². The van der Waals surface area contributed by atoms with E-state index >= 15 is 0 Å². The van der Waals surface area contributed by atoms with Gasteiger partial charge in [0.1, 0.15) is 5.75 Å². The van der Waals surface area contributed by atoms with Crippen LogP contribution in [0, 0.1) is 6.92 Å². The van der Waals surface area contributed by atoms with E-state index in [4.69, 9.17) is 16.4 Å². The third-order valence-electron chi connectivity index (χ3n) is 3.04. The number of carbonyl (C=O) groups is 1. The highest BCUT2D eigenvalue weighted by molar-refractivity contribution is 6.30. The van der Waals surface area contributed by atoms with Crippen molar-refractivity contribution in [3.8, 4) is 5.75 Å². The Hall–Kier alpha value is -2.67. The fraction of sp³-hybridized carbons (Fsp3) is 0.176. The number of hydrogen-bond acceptors (Lipinski definition) is 4. The van der Waals surface area contributed by atoms with Gasteiger partial charge in [0.2, 0.25) is 0 Å². The van der Waals surface area contributed by atoms with Crippen molar-refractivity contribution in [2.45, 2.75) is 13.5 Å². The summed E-state index contributed by atoms with van der Waals surface area (Å²) in [6.07, 6.45) is 1.35. The standard InChI is InChI=1S/C17H15ClF2N2O3/c1-11-8-13(18)4-7-15(11)22-16(23)10-24-21-9-12-2-5-14(6-3-12)25-17(19)20/h2-9,17H,10H2,1H3,(H,22,23)/b21-9-. The van der Waals surface area contributed by atoms with Gasteiger partial charge in [-0.3, -0.25) is 4.79 Å². The molecule has 0 radical (unpaired) electrons. The predicted octanol–water partition coefficient (Wildman–Crippen LogP) is 4.24. The number of rotatable bonds is 7.